The summed E-state index contributed by atoms with van der Waals surface area (Å²) in [5.74, 6) is 0.0694. The first-order valence-corrected chi connectivity index (χ1v) is 6.61. The van der Waals surface area contributed by atoms with Gasteiger partial charge in [0, 0.05) is 24.5 Å². The monoisotopic (exact) mass is 247 g/mol. The number of hydrogen-bond acceptors (Lipinski definition) is 3. The molecule has 0 aromatic carbocycles. The van der Waals surface area contributed by atoms with E-state index < -0.39 is 0 Å². The number of nitrogens with two attached hydrogens (primary N) is 1. The summed E-state index contributed by atoms with van der Waals surface area (Å²) >= 11 is 0. The van der Waals surface area contributed by atoms with Crippen LogP contribution in [-0.4, -0.2) is 16.9 Å². The van der Waals surface area contributed by atoms with E-state index in [9.17, 15) is 4.79 Å². The molecule has 1 aliphatic carbocycles. The number of amides is 1. The topological polar surface area (TPSA) is 68.0 Å². The lowest BCUT2D eigenvalue weighted by Gasteiger charge is -2.27. The van der Waals surface area contributed by atoms with Crippen LogP contribution >= 0.6 is 0 Å². The molecule has 4 nitrogen and oxygen atoms in total. The van der Waals surface area contributed by atoms with Gasteiger partial charge in [0.1, 0.15) is 0 Å². The van der Waals surface area contributed by atoms with Crippen LogP contribution < -0.4 is 11.1 Å². The van der Waals surface area contributed by atoms with E-state index in [0.717, 1.165) is 36.9 Å². The molecule has 1 saturated carbocycles. The highest BCUT2D eigenvalue weighted by Gasteiger charge is 2.27. The Hall–Kier alpha value is -1.42. The standard InChI is InChI=1S/C14H21N3O/c1-10-6-7-11(8-16-10)9-17-14(18)12-4-2-3-5-13(12)15/h6-8,12-13H,2-5,9,15H2,1H3,(H,17,18). The van der Waals surface area contributed by atoms with Gasteiger partial charge in [-0.2, -0.15) is 0 Å². The fourth-order valence-corrected chi connectivity index (χ4v) is 2.41. The second kappa shape index (κ2) is 5.96. The van der Waals surface area contributed by atoms with E-state index in [1.165, 1.54) is 0 Å². The Labute approximate surface area is 108 Å². The first-order valence-electron chi connectivity index (χ1n) is 6.61. The lowest BCUT2D eigenvalue weighted by Crippen LogP contribution is -2.43. The van der Waals surface area contributed by atoms with Crippen LogP contribution in [0.15, 0.2) is 18.3 Å². The Bertz CT molecular complexity index is 402. The van der Waals surface area contributed by atoms with Crippen molar-refractivity contribution >= 4 is 5.91 Å². The number of carbonyl (C=O) groups is 1. The number of pyridine rings is 1. The summed E-state index contributed by atoms with van der Waals surface area (Å²) in [4.78, 5) is 16.2. The zero-order chi connectivity index (χ0) is 13.0. The summed E-state index contributed by atoms with van der Waals surface area (Å²) in [6.07, 6.45) is 5.93. The third-order valence-corrected chi connectivity index (χ3v) is 3.60. The van der Waals surface area contributed by atoms with E-state index in [4.69, 9.17) is 5.73 Å². The lowest BCUT2D eigenvalue weighted by atomic mass is 9.84. The molecule has 1 aromatic rings. The highest BCUT2D eigenvalue weighted by Crippen LogP contribution is 2.23. The molecule has 3 N–H and O–H groups in total. The van der Waals surface area contributed by atoms with Crippen LogP contribution in [0, 0.1) is 12.8 Å². The normalized spacial score (nSPS) is 23.7. The van der Waals surface area contributed by atoms with Crippen LogP contribution in [0.5, 0.6) is 0 Å². The van der Waals surface area contributed by atoms with E-state index in [1.807, 2.05) is 19.1 Å². The minimum atomic E-state index is -0.0165. The van der Waals surface area contributed by atoms with E-state index in [1.54, 1.807) is 6.20 Å². The zero-order valence-corrected chi connectivity index (χ0v) is 10.9. The van der Waals surface area contributed by atoms with Crippen molar-refractivity contribution in [2.75, 3.05) is 0 Å². The minimum Gasteiger partial charge on any atom is -0.352 e. The number of carbonyl (C=O) groups excluding carboxylic acids is 1. The predicted molar refractivity (Wildman–Crippen MR) is 70.8 cm³/mol. The van der Waals surface area contributed by atoms with Gasteiger partial charge in [0.15, 0.2) is 0 Å². The van der Waals surface area contributed by atoms with Gasteiger partial charge in [-0.05, 0) is 31.4 Å². The van der Waals surface area contributed by atoms with Crippen molar-refractivity contribution in [1.82, 2.24) is 10.3 Å². The maximum atomic E-state index is 12.0. The number of nitrogens with one attached hydrogen (secondary N) is 1. The van der Waals surface area contributed by atoms with Gasteiger partial charge in [0.25, 0.3) is 0 Å². The molecular formula is C14H21N3O. The summed E-state index contributed by atoms with van der Waals surface area (Å²) in [5.41, 5.74) is 8.01. The molecule has 4 heteroatoms. The first-order chi connectivity index (χ1) is 8.66. The zero-order valence-electron chi connectivity index (χ0n) is 10.9. The third kappa shape index (κ3) is 3.29. The van der Waals surface area contributed by atoms with E-state index >= 15 is 0 Å². The van der Waals surface area contributed by atoms with Crippen LogP contribution in [0.3, 0.4) is 0 Å². The second-order valence-corrected chi connectivity index (χ2v) is 5.08. The quantitative estimate of drug-likeness (QED) is 0.851. The summed E-state index contributed by atoms with van der Waals surface area (Å²) in [7, 11) is 0. The Morgan fingerprint density at radius 3 is 2.89 bits per heavy atom. The maximum absolute atomic E-state index is 12.0. The van der Waals surface area contributed by atoms with Gasteiger partial charge >= 0.3 is 0 Å². The van der Waals surface area contributed by atoms with Crippen molar-refractivity contribution in [2.45, 2.75) is 45.2 Å². The number of rotatable bonds is 3. The molecule has 0 radical (unpaired) electrons. The van der Waals surface area contributed by atoms with Gasteiger partial charge in [-0.25, -0.2) is 0 Å². The molecule has 1 fully saturated rings. The van der Waals surface area contributed by atoms with Crippen LogP contribution in [-0.2, 0) is 11.3 Å². The molecule has 1 aliphatic rings. The Morgan fingerprint density at radius 2 is 2.22 bits per heavy atom. The SMILES string of the molecule is Cc1ccc(CNC(=O)C2CCCCC2N)cn1. The molecule has 0 saturated heterocycles. The van der Waals surface area contributed by atoms with E-state index in [0.29, 0.717) is 6.54 Å². The van der Waals surface area contributed by atoms with Gasteiger partial charge < -0.3 is 11.1 Å². The molecule has 2 rings (SSSR count). The average molecular weight is 247 g/mol. The molecule has 18 heavy (non-hydrogen) atoms. The molecular weight excluding hydrogens is 226 g/mol. The number of hydrogen-bond donors (Lipinski definition) is 2. The molecule has 98 valence electrons. The molecule has 1 heterocycles. The summed E-state index contributed by atoms with van der Waals surface area (Å²) < 4.78 is 0. The van der Waals surface area contributed by atoms with Crippen LogP contribution in [0.2, 0.25) is 0 Å². The summed E-state index contributed by atoms with van der Waals surface area (Å²) in [5, 5.41) is 2.96. The van der Waals surface area contributed by atoms with Crippen LogP contribution in [0.25, 0.3) is 0 Å². The van der Waals surface area contributed by atoms with Gasteiger partial charge in [0.05, 0.1) is 5.92 Å². The van der Waals surface area contributed by atoms with E-state index in [-0.39, 0.29) is 17.9 Å². The summed E-state index contributed by atoms with van der Waals surface area (Å²) in [6, 6.07) is 3.96. The predicted octanol–water partition coefficient (Wildman–Crippen LogP) is 1.52. The molecule has 1 amide bonds. The maximum Gasteiger partial charge on any atom is 0.224 e. The summed E-state index contributed by atoms with van der Waals surface area (Å²) in [6.45, 7) is 2.48. The molecule has 0 aliphatic heterocycles. The van der Waals surface area contributed by atoms with Crippen molar-refractivity contribution in [3.8, 4) is 0 Å². The minimum absolute atomic E-state index is 0.0165. The van der Waals surface area contributed by atoms with E-state index in [2.05, 4.69) is 10.3 Å². The molecule has 1 aromatic heterocycles. The number of aromatic nitrogens is 1. The largest absolute Gasteiger partial charge is 0.352 e. The Kier molecular flexibility index (Phi) is 4.31. The van der Waals surface area contributed by atoms with Crippen LogP contribution in [0.4, 0.5) is 0 Å². The van der Waals surface area contributed by atoms with Gasteiger partial charge in [-0.15, -0.1) is 0 Å². The van der Waals surface area contributed by atoms with Gasteiger partial charge in [0.2, 0.25) is 5.91 Å². The molecule has 2 atom stereocenters. The highest BCUT2D eigenvalue weighted by atomic mass is 16.1. The Balaban J connectivity index is 1.85. The molecule has 0 bridgehead atoms. The van der Waals surface area contributed by atoms with Crippen molar-refractivity contribution in [1.29, 1.82) is 0 Å². The van der Waals surface area contributed by atoms with Crippen molar-refractivity contribution in [2.24, 2.45) is 11.7 Å². The third-order valence-electron chi connectivity index (χ3n) is 3.60. The van der Waals surface area contributed by atoms with Crippen molar-refractivity contribution in [3.63, 3.8) is 0 Å². The fourth-order valence-electron chi connectivity index (χ4n) is 2.41. The van der Waals surface area contributed by atoms with Crippen molar-refractivity contribution < 1.29 is 4.79 Å². The smallest absolute Gasteiger partial charge is 0.224 e. The van der Waals surface area contributed by atoms with Gasteiger partial charge in [-0.3, -0.25) is 9.78 Å². The average Bonchev–Trinajstić information content (AvgIpc) is 2.38. The second-order valence-electron chi connectivity index (χ2n) is 5.08. The highest BCUT2D eigenvalue weighted by molar-refractivity contribution is 5.79. The number of aryl methyl sites for hydroxylation is 1. The molecule has 0 spiro atoms. The van der Waals surface area contributed by atoms with Crippen molar-refractivity contribution in [3.05, 3.63) is 29.6 Å². The number of nitrogens with zero attached hydrogens (tertiary/aromatic N) is 1. The lowest BCUT2D eigenvalue weighted by molar-refractivity contribution is -0.126. The Morgan fingerprint density at radius 1 is 1.44 bits per heavy atom. The van der Waals surface area contributed by atoms with Crippen LogP contribution in [0.1, 0.15) is 36.9 Å². The fraction of sp³-hybridized carbons (Fsp3) is 0.571. The first kappa shape index (κ1) is 13.0. The van der Waals surface area contributed by atoms with Gasteiger partial charge in [-0.1, -0.05) is 18.9 Å². The molecule has 2 unspecified atom stereocenters.